The van der Waals surface area contributed by atoms with Gasteiger partial charge in [-0.25, -0.2) is 4.79 Å². The Labute approximate surface area is 134 Å². The van der Waals surface area contributed by atoms with Crippen molar-refractivity contribution in [3.63, 3.8) is 0 Å². The van der Waals surface area contributed by atoms with Gasteiger partial charge in [0.1, 0.15) is 0 Å². The number of benzene rings is 1. The van der Waals surface area contributed by atoms with E-state index in [9.17, 15) is 18.0 Å². The first kappa shape index (κ1) is 17.6. The summed E-state index contributed by atoms with van der Waals surface area (Å²) in [4.78, 5) is 13.9. The van der Waals surface area contributed by atoms with Crippen LogP contribution in [0.25, 0.3) is 0 Å². The van der Waals surface area contributed by atoms with Crippen LogP contribution in [0.3, 0.4) is 0 Å². The number of halogens is 3. The van der Waals surface area contributed by atoms with E-state index in [2.05, 4.69) is 5.32 Å². The summed E-state index contributed by atoms with van der Waals surface area (Å²) in [6.45, 7) is 1.90. The topological polar surface area (TPSA) is 32.3 Å². The number of hydrogen-bond acceptors (Lipinski definition) is 1. The molecule has 1 fully saturated rings. The molecule has 0 heterocycles. The molecule has 128 valence electrons. The van der Waals surface area contributed by atoms with Gasteiger partial charge in [-0.3, -0.25) is 0 Å². The molecule has 1 aliphatic carbocycles. The quantitative estimate of drug-likeness (QED) is 0.870. The lowest BCUT2D eigenvalue weighted by Gasteiger charge is -2.33. The van der Waals surface area contributed by atoms with Gasteiger partial charge >= 0.3 is 12.2 Å². The first-order chi connectivity index (χ1) is 10.8. The molecule has 0 radical (unpaired) electrons. The Hall–Kier alpha value is -1.72. The number of nitrogens with one attached hydrogen (secondary N) is 1. The van der Waals surface area contributed by atoms with Crippen LogP contribution in [0.1, 0.15) is 44.2 Å². The Kier molecular flexibility index (Phi) is 5.55. The second-order valence-corrected chi connectivity index (χ2v) is 6.25. The summed E-state index contributed by atoms with van der Waals surface area (Å²) >= 11 is 0. The molecule has 0 unspecified atom stereocenters. The van der Waals surface area contributed by atoms with E-state index in [-0.39, 0.29) is 24.9 Å². The maximum absolute atomic E-state index is 12.8. The Morgan fingerprint density at radius 2 is 1.91 bits per heavy atom. The van der Waals surface area contributed by atoms with Crippen molar-refractivity contribution in [2.75, 3.05) is 7.05 Å². The Morgan fingerprint density at radius 1 is 1.26 bits per heavy atom. The second kappa shape index (κ2) is 7.23. The van der Waals surface area contributed by atoms with Crippen LogP contribution in [-0.2, 0) is 0 Å². The molecule has 1 aromatic rings. The van der Waals surface area contributed by atoms with Gasteiger partial charge in [-0.05, 0) is 31.7 Å². The summed E-state index contributed by atoms with van der Waals surface area (Å²) < 4.78 is 38.5. The highest BCUT2D eigenvalue weighted by Gasteiger charge is 2.42. The number of carbonyl (C=O) groups excluding carboxylic acids is 1. The van der Waals surface area contributed by atoms with Crippen LogP contribution in [0.5, 0.6) is 0 Å². The normalized spacial score (nSPS) is 23.2. The molecule has 1 N–H and O–H groups in total. The molecule has 1 aliphatic rings. The van der Waals surface area contributed by atoms with E-state index in [0.29, 0.717) is 12.8 Å². The first-order valence-electron chi connectivity index (χ1n) is 7.94. The number of carbonyl (C=O) groups is 1. The molecule has 2 amide bonds. The van der Waals surface area contributed by atoms with E-state index >= 15 is 0 Å². The third-order valence-electron chi connectivity index (χ3n) is 4.65. The molecule has 2 rings (SSSR count). The minimum absolute atomic E-state index is 0.0250. The molecular weight excluding hydrogens is 305 g/mol. The van der Waals surface area contributed by atoms with Gasteiger partial charge in [0.2, 0.25) is 0 Å². The molecule has 0 spiro atoms. The molecule has 23 heavy (non-hydrogen) atoms. The maximum atomic E-state index is 12.8. The molecule has 3 nitrogen and oxygen atoms in total. The standard InChI is InChI=1S/C17H23F3N2O/c1-12(13-7-4-3-5-8-13)22(2)16(23)21-15-10-6-9-14(11-15)17(18,19)20/h3-5,7-8,12,14-15H,6,9-11H2,1-2H3,(H,21,23)/t12-,14-,15-/m1/s1. The number of nitrogens with zero attached hydrogens (tertiary/aromatic N) is 1. The number of alkyl halides is 3. The lowest BCUT2D eigenvalue weighted by Crippen LogP contribution is -2.47. The molecule has 0 aromatic heterocycles. The lowest BCUT2D eigenvalue weighted by molar-refractivity contribution is -0.183. The van der Waals surface area contributed by atoms with Crippen LogP contribution in [0, 0.1) is 5.92 Å². The smallest absolute Gasteiger partial charge is 0.335 e. The average Bonchev–Trinajstić information content (AvgIpc) is 2.53. The Balaban J connectivity index is 1.93. The van der Waals surface area contributed by atoms with Crippen molar-refractivity contribution in [1.82, 2.24) is 10.2 Å². The highest BCUT2D eigenvalue weighted by atomic mass is 19.4. The van der Waals surface area contributed by atoms with E-state index in [1.807, 2.05) is 37.3 Å². The maximum Gasteiger partial charge on any atom is 0.391 e. The first-order valence-corrected chi connectivity index (χ1v) is 7.94. The second-order valence-electron chi connectivity index (χ2n) is 6.25. The third-order valence-corrected chi connectivity index (χ3v) is 4.65. The van der Waals surface area contributed by atoms with Gasteiger partial charge in [0.25, 0.3) is 0 Å². The zero-order valence-electron chi connectivity index (χ0n) is 13.4. The summed E-state index contributed by atoms with van der Waals surface area (Å²) in [6, 6.07) is 8.67. The summed E-state index contributed by atoms with van der Waals surface area (Å²) in [5, 5.41) is 2.76. The predicted molar refractivity (Wildman–Crippen MR) is 83.0 cm³/mol. The average molecular weight is 328 g/mol. The lowest BCUT2D eigenvalue weighted by atomic mass is 9.85. The molecule has 0 bridgehead atoms. The Bertz CT molecular complexity index is 518. The van der Waals surface area contributed by atoms with Crippen LogP contribution in [0.15, 0.2) is 30.3 Å². The summed E-state index contributed by atoms with van der Waals surface area (Å²) in [5.74, 6) is -1.31. The van der Waals surface area contributed by atoms with Crippen LogP contribution in [0.2, 0.25) is 0 Å². The van der Waals surface area contributed by atoms with Crippen LogP contribution < -0.4 is 5.32 Å². The van der Waals surface area contributed by atoms with Gasteiger partial charge in [-0.2, -0.15) is 13.2 Å². The van der Waals surface area contributed by atoms with E-state index in [1.165, 1.54) is 4.90 Å². The van der Waals surface area contributed by atoms with Gasteiger partial charge < -0.3 is 10.2 Å². The fourth-order valence-electron chi connectivity index (χ4n) is 3.03. The third kappa shape index (κ3) is 4.62. The predicted octanol–water partition coefficient (Wildman–Crippen LogP) is 4.51. The van der Waals surface area contributed by atoms with Crippen molar-refractivity contribution in [2.45, 2.75) is 50.9 Å². The molecule has 3 atom stereocenters. The fraction of sp³-hybridized carbons (Fsp3) is 0.588. The zero-order valence-corrected chi connectivity index (χ0v) is 13.4. The zero-order chi connectivity index (χ0) is 17.0. The molecule has 0 aliphatic heterocycles. The molecule has 6 heteroatoms. The largest absolute Gasteiger partial charge is 0.391 e. The van der Waals surface area contributed by atoms with Crippen molar-refractivity contribution in [3.05, 3.63) is 35.9 Å². The Morgan fingerprint density at radius 3 is 2.52 bits per heavy atom. The van der Waals surface area contributed by atoms with Crippen molar-refractivity contribution >= 4 is 6.03 Å². The van der Waals surface area contributed by atoms with Crippen molar-refractivity contribution in [1.29, 1.82) is 0 Å². The number of hydrogen-bond donors (Lipinski definition) is 1. The molecular formula is C17H23F3N2O. The molecule has 1 saturated carbocycles. The van der Waals surface area contributed by atoms with Crippen LogP contribution in [-0.4, -0.2) is 30.2 Å². The van der Waals surface area contributed by atoms with E-state index in [4.69, 9.17) is 0 Å². The van der Waals surface area contributed by atoms with Gasteiger partial charge in [0.15, 0.2) is 0 Å². The van der Waals surface area contributed by atoms with E-state index in [0.717, 1.165) is 5.56 Å². The fourth-order valence-corrected chi connectivity index (χ4v) is 3.03. The van der Waals surface area contributed by atoms with Gasteiger partial charge in [-0.15, -0.1) is 0 Å². The van der Waals surface area contributed by atoms with Gasteiger partial charge in [0, 0.05) is 13.1 Å². The highest BCUT2D eigenvalue weighted by molar-refractivity contribution is 5.74. The van der Waals surface area contributed by atoms with E-state index in [1.54, 1.807) is 7.05 Å². The molecule has 1 aromatic carbocycles. The monoisotopic (exact) mass is 328 g/mol. The van der Waals surface area contributed by atoms with Crippen LogP contribution in [0.4, 0.5) is 18.0 Å². The summed E-state index contributed by atoms with van der Waals surface area (Å²) in [7, 11) is 1.66. The number of urea groups is 1. The summed E-state index contributed by atoms with van der Waals surface area (Å²) in [5.41, 5.74) is 0.988. The summed E-state index contributed by atoms with van der Waals surface area (Å²) in [6.07, 6.45) is -2.94. The van der Waals surface area contributed by atoms with Crippen molar-refractivity contribution in [2.24, 2.45) is 5.92 Å². The van der Waals surface area contributed by atoms with Gasteiger partial charge in [0.05, 0.1) is 12.0 Å². The van der Waals surface area contributed by atoms with Crippen molar-refractivity contribution < 1.29 is 18.0 Å². The van der Waals surface area contributed by atoms with Crippen molar-refractivity contribution in [3.8, 4) is 0 Å². The minimum atomic E-state index is -4.17. The highest BCUT2D eigenvalue weighted by Crippen LogP contribution is 2.37. The number of amides is 2. The minimum Gasteiger partial charge on any atom is -0.335 e. The van der Waals surface area contributed by atoms with Gasteiger partial charge in [-0.1, -0.05) is 36.8 Å². The molecule has 0 saturated heterocycles. The van der Waals surface area contributed by atoms with E-state index < -0.39 is 18.1 Å². The SMILES string of the molecule is C[C@H](c1ccccc1)N(C)C(=O)N[C@@H]1CCC[C@@H](C(F)(F)F)C1. The van der Waals surface area contributed by atoms with Crippen LogP contribution >= 0.6 is 0 Å². The number of rotatable bonds is 3.